The minimum Gasteiger partial charge on any atom is -0.423 e. The molecule has 1 aliphatic heterocycles. The maximum Gasteiger partial charge on any atom is 0.336 e. The van der Waals surface area contributed by atoms with Crippen LogP contribution in [0.4, 0.5) is 5.13 Å². The summed E-state index contributed by atoms with van der Waals surface area (Å²) in [5.74, 6) is 0.622. The van der Waals surface area contributed by atoms with Crippen LogP contribution >= 0.6 is 23.1 Å². The number of nitrogens with zero attached hydrogens (tertiary/aromatic N) is 2. The topological polar surface area (TPSA) is 77.2 Å². The first-order chi connectivity index (χ1) is 14.3. The van der Waals surface area contributed by atoms with Gasteiger partial charge < -0.3 is 14.5 Å². The second-order valence-corrected chi connectivity index (χ2v) is 9.13. The number of thioether (sulfide) groups is 1. The molecule has 148 valence electrons. The van der Waals surface area contributed by atoms with Gasteiger partial charge in [-0.2, -0.15) is 0 Å². The van der Waals surface area contributed by atoms with E-state index in [0.717, 1.165) is 57.2 Å². The fraction of sp³-hybridized carbons (Fsp3) is 0.286. The Morgan fingerprint density at radius 2 is 2.14 bits per heavy atom. The number of hydrogen-bond acceptors (Lipinski definition) is 8. The van der Waals surface area contributed by atoms with Crippen molar-refractivity contribution in [3.8, 4) is 0 Å². The molecular formula is C21H19N3O3S2. The van der Waals surface area contributed by atoms with Crippen LogP contribution in [0.1, 0.15) is 18.4 Å². The van der Waals surface area contributed by atoms with Gasteiger partial charge in [-0.1, -0.05) is 53.4 Å². The second kappa shape index (κ2) is 8.14. The molecule has 0 spiro atoms. The summed E-state index contributed by atoms with van der Waals surface area (Å²) in [7, 11) is 0. The van der Waals surface area contributed by atoms with Gasteiger partial charge in [0, 0.05) is 30.4 Å². The molecule has 0 amide bonds. The van der Waals surface area contributed by atoms with Gasteiger partial charge in [0.25, 0.3) is 0 Å². The number of anilines is 1. The summed E-state index contributed by atoms with van der Waals surface area (Å²) >= 11 is 3.10. The van der Waals surface area contributed by atoms with Gasteiger partial charge in [0.2, 0.25) is 5.13 Å². The minimum absolute atomic E-state index is 0.262. The highest BCUT2D eigenvalue weighted by molar-refractivity contribution is 8.00. The maximum absolute atomic E-state index is 12.0. The van der Waals surface area contributed by atoms with Crippen LogP contribution < -0.4 is 10.9 Å². The molecule has 5 rings (SSSR count). The number of aromatic nitrogens is 2. The lowest BCUT2D eigenvalue weighted by molar-refractivity contribution is 0.120. The molecule has 8 heteroatoms. The van der Waals surface area contributed by atoms with E-state index in [4.69, 9.17) is 9.15 Å². The molecule has 2 aromatic heterocycles. The van der Waals surface area contributed by atoms with Crippen molar-refractivity contribution < 1.29 is 9.15 Å². The zero-order chi connectivity index (χ0) is 19.6. The molecule has 0 bridgehead atoms. The number of rotatable bonds is 6. The minimum atomic E-state index is -0.334. The van der Waals surface area contributed by atoms with Gasteiger partial charge in [-0.25, -0.2) is 4.79 Å². The van der Waals surface area contributed by atoms with Gasteiger partial charge >= 0.3 is 5.63 Å². The first-order valence-corrected chi connectivity index (χ1v) is 11.3. The summed E-state index contributed by atoms with van der Waals surface area (Å²) < 4.78 is 11.9. The monoisotopic (exact) mass is 425 g/mol. The Morgan fingerprint density at radius 1 is 1.21 bits per heavy atom. The third-order valence-electron chi connectivity index (χ3n) is 4.98. The quantitative estimate of drug-likeness (QED) is 0.273. The highest BCUT2D eigenvalue weighted by Gasteiger charge is 2.16. The first-order valence-electron chi connectivity index (χ1n) is 9.52. The van der Waals surface area contributed by atoms with E-state index in [0.29, 0.717) is 11.3 Å². The summed E-state index contributed by atoms with van der Waals surface area (Å²) in [6, 6.07) is 13.6. The zero-order valence-electron chi connectivity index (χ0n) is 15.6. The normalized spacial score (nSPS) is 16.6. The van der Waals surface area contributed by atoms with Crippen molar-refractivity contribution in [1.29, 1.82) is 0 Å². The van der Waals surface area contributed by atoms with E-state index in [1.807, 2.05) is 24.3 Å². The van der Waals surface area contributed by atoms with Crippen LogP contribution in [0.25, 0.3) is 21.7 Å². The molecule has 0 radical (unpaired) electrons. The van der Waals surface area contributed by atoms with Gasteiger partial charge in [0.1, 0.15) is 5.58 Å². The van der Waals surface area contributed by atoms with E-state index in [1.54, 1.807) is 17.8 Å². The van der Waals surface area contributed by atoms with E-state index in [-0.39, 0.29) is 11.7 Å². The van der Waals surface area contributed by atoms with Crippen LogP contribution in [0.15, 0.2) is 56.0 Å². The zero-order valence-corrected chi connectivity index (χ0v) is 17.2. The Labute approximate surface area is 175 Å². The Balaban J connectivity index is 1.36. The largest absolute Gasteiger partial charge is 0.423 e. The van der Waals surface area contributed by atoms with Gasteiger partial charge in [-0.05, 0) is 35.2 Å². The molecule has 29 heavy (non-hydrogen) atoms. The molecule has 6 nitrogen and oxygen atoms in total. The number of fused-ring (bicyclic) bond motifs is 3. The first kappa shape index (κ1) is 18.6. The second-order valence-electron chi connectivity index (χ2n) is 6.93. The van der Waals surface area contributed by atoms with Crippen LogP contribution in [-0.4, -0.2) is 29.5 Å². The van der Waals surface area contributed by atoms with Crippen molar-refractivity contribution in [3.63, 3.8) is 0 Å². The standard InChI is InChI=1S/C21H19N3O3S2/c25-18-10-14(19-16-6-2-1-4-13(16)7-8-17(19)27-18)12-28-21-24-23-20(29-21)22-11-15-5-3-9-26-15/h1-2,4,6-8,10,15H,3,5,9,11-12H2,(H,22,23)/t15-/m1/s1. The van der Waals surface area contributed by atoms with E-state index < -0.39 is 0 Å². The Kier molecular flexibility index (Phi) is 5.22. The van der Waals surface area contributed by atoms with E-state index in [9.17, 15) is 4.79 Å². The molecule has 1 fully saturated rings. The van der Waals surface area contributed by atoms with Gasteiger partial charge in [-0.15, -0.1) is 10.2 Å². The molecule has 1 N–H and O–H groups in total. The van der Waals surface area contributed by atoms with Crippen molar-refractivity contribution in [2.24, 2.45) is 0 Å². The van der Waals surface area contributed by atoms with Crippen molar-refractivity contribution in [2.45, 2.75) is 29.0 Å². The summed E-state index contributed by atoms with van der Waals surface area (Å²) in [4.78, 5) is 12.0. The molecular weight excluding hydrogens is 406 g/mol. The molecule has 2 aromatic carbocycles. The lowest BCUT2D eigenvalue weighted by atomic mass is 10.0. The molecule has 1 saturated heterocycles. The van der Waals surface area contributed by atoms with Gasteiger partial charge in [-0.3, -0.25) is 0 Å². The van der Waals surface area contributed by atoms with Crippen LogP contribution in [0, 0.1) is 0 Å². The molecule has 3 heterocycles. The average Bonchev–Trinajstić information content (AvgIpc) is 3.42. The van der Waals surface area contributed by atoms with Crippen LogP contribution in [-0.2, 0) is 10.5 Å². The van der Waals surface area contributed by atoms with E-state index in [1.165, 1.54) is 11.3 Å². The highest BCUT2D eigenvalue weighted by atomic mass is 32.2. The Bertz CT molecular complexity index is 1210. The Hall–Kier alpha value is -2.42. The number of benzene rings is 2. The van der Waals surface area contributed by atoms with E-state index >= 15 is 0 Å². The predicted octanol–water partition coefficient (Wildman–Crippen LogP) is 4.68. The molecule has 0 aliphatic carbocycles. The summed E-state index contributed by atoms with van der Waals surface area (Å²) in [6.07, 6.45) is 2.47. The van der Waals surface area contributed by atoms with Crippen molar-refractivity contribution in [1.82, 2.24) is 10.2 Å². The van der Waals surface area contributed by atoms with Crippen molar-refractivity contribution in [3.05, 3.63) is 58.4 Å². The maximum atomic E-state index is 12.0. The molecule has 1 atom stereocenters. The van der Waals surface area contributed by atoms with Crippen molar-refractivity contribution >= 4 is 50.0 Å². The van der Waals surface area contributed by atoms with E-state index in [2.05, 4.69) is 27.6 Å². The van der Waals surface area contributed by atoms with Crippen molar-refractivity contribution in [2.75, 3.05) is 18.5 Å². The van der Waals surface area contributed by atoms with Crippen LogP contribution in [0.5, 0.6) is 0 Å². The molecule has 0 saturated carbocycles. The molecule has 4 aromatic rings. The Morgan fingerprint density at radius 3 is 3.03 bits per heavy atom. The fourth-order valence-corrected chi connectivity index (χ4v) is 5.36. The number of hydrogen-bond donors (Lipinski definition) is 1. The lowest BCUT2D eigenvalue weighted by Gasteiger charge is -2.08. The highest BCUT2D eigenvalue weighted by Crippen LogP contribution is 2.33. The fourth-order valence-electron chi connectivity index (χ4n) is 3.62. The van der Waals surface area contributed by atoms with Crippen LogP contribution in [0.2, 0.25) is 0 Å². The summed E-state index contributed by atoms with van der Waals surface area (Å²) in [5, 5.41) is 15.8. The van der Waals surface area contributed by atoms with Crippen LogP contribution in [0.3, 0.4) is 0 Å². The third-order valence-corrected chi connectivity index (χ3v) is 7.04. The SMILES string of the molecule is O=c1cc(CSc2nnc(NC[C@H]3CCCO3)s2)c2c(ccc3ccccc32)o1. The van der Waals surface area contributed by atoms with Gasteiger partial charge in [0.15, 0.2) is 4.34 Å². The summed E-state index contributed by atoms with van der Waals surface area (Å²) in [5.41, 5.74) is 1.23. The predicted molar refractivity (Wildman–Crippen MR) is 117 cm³/mol. The van der Waals surface area contributed by atoms with Gasteiger partial charge in [0.05, 0.1) is 6.10 Å². The smallest absolute Gasteiger partial charge is 0.336 e. The number of ether oxygens (including phenoxy) is 1. The molecule has 1 aliphatic rings. The molecule has 0 unspecified atom stereocenters. The average molecular weight is 426 g/mol. The lowest BCUT2D eigenvalue weighted by Crippen LogP contribution is -2.18. The summed E-state index contributed by atoms with van der Waals surface area (Å²) in [6.45, 7) is 1.60. The third kappa shape index (κ3) is 4.01. The number of nitrogens with one attached hydrogen (secondary N) is 1.